The molecule has 1 aliphatic rings. The summed E-state index contributed by atoms with van der Waals surface area (Å²) >= 11 is 0. The van der Waals surface area contributed by atoms with Crippen molar-refractivity contribution in [3.63, 3.8) is 0 Å². The summed E-state index contributed by atoms with van der Waals surface area (Å²) in [6, 6.07) is 5.43. The SMILES string of the molecule is CC(NS(=O)(=O)c1ccc2c(c1)C(=O)c1ccc(S(=O)(=O)NC(C)S(=O)(=O)O)cc1C2=O)S(=O)(=O)O. The Kier molecular flexibility index (Phi) is 7.05. The number of benzene rings is 2. The average Bonchev–Trinajstić information content (AvgIpc) is 2.74. The Morgan fingerprint density at radius 1 is 0.583 bits per heavy atom. The molecule has 4 N–H and O–H groups in total. The van der Waals surface area contributed by atoms with Gasteiger partial charge in [-0.1, -0.05) is 0 Å². The first kappa shape index (κ1) is 28.0. The third-order valence-corrected chi connectivity index (χ3v) is 10.5. The number of nitrogens with one attached hydrogen (secondary N) is 2. The zero-order valence-electron chi connectivity index (χ0n) is 18.2. The fraction of sp³-hybridized carbons (Fsp3) is 0.222. The number of sulfonamides is 2. The van der Waals surface area contributed by atoms with Gasteiger partial charge in [-0.3, -0.25) is 18.7 Å². The van der Waals surface area contributed by atoms with E-state index in [1.807, 2.05) is 0 Å². The summed E-state index contributed by atoms with van der Waals surface area (Å²) < 4.78 is 116. The highest BCUT2D eigenvalue weighted by molar-refractivity contribution is 7.92. The third kappa shape index (κ3) is 5.39. The van der Waals surface area contributed by atoms with Gasteiger partial charge in [-0.05, 0) is 50.2 Å². The van der Waals surface area contributed by atoms with Crippen LogP contribution in [0.15, 0.2) is 46.2 Å². The number of hydrogen-bond donors (Lipinski definition) is 4. The highest BCUT2D eigenvalue weighted by Gasteiger charge is 2.34. The van der Waals surface area contributed by atoms with Gasteiger partial charge in [-0.25, -0.2) is 16.8 Å². The Morgan fingerprint density at radius 3 is 1.17 bits per heavy atom. The van der Waals surface area contributed by atoms with Gasteiger partial charge in [0.1, 0.15) is 10.7 Å². The lowest BCUT2D eigenvalue weighted by Gasteiger charge is -2.20. The number of carbonyl (C=O) groups excluding carboxylic acids is 2. The van der Waals surface area contributed by atoms with Crippen LogP contribution in [-0.2, 0) is 40.3 Å². The van der Waals surface area contributed by atoms with Crippen LogP contribution in [0.4, 0.5) is 0 Å². The summed E-state index contributed by atoms with van der Waals surface area (Å²) in [5, 5.41) is -3.82. The number of ketones is 2. The molecule has 0 saturated heterocycles. The van der Waals surface area contributed by atoms with E-state index in [1.54, 1.807) is 9.44 Å². The smallest absolute Gasteiger partial charge is 0.281 e. The summed E-state index contributed by atoms with van der Waals surface area (Å²) in [5.41, 5.74) is -1.27. The van der Waals surface area contributed by atoms with Crippen LogP contribution in [0, 0.1) is 0 Å². The van der Waals surface area contributed by atoms with E-state index in [2.05, 4.69) is 0 Å². The molecule has 0 aliphatic heterocycles. The van der Waals surface area contributed by atoms with E-state index in [1.165, 1.54) is 0 Å². The molecule has 2 unspecified atom stereocenters. The van der Waals surface area contributed by atoms with E-state index in [0.29, 0.717) is 0 Å². The van der Waals surface area contributed by atoms with Gasteiger partial charge < -0.3 is 0 Å². The van der Waals surface area contributed by atoms with Crippen LogP contribution in [0.1, 0.15) is 45.7 Å². The van der Waals surface area contributed by atoms with Gasteiger partial charge in [0.2, 0.25) is 20.0 Å². The van der Waals surface area contributed by atoms with Gasteiger partial charge in [-0.15, -0.1) is 0 Å². The molecule has 2 atom stereocenters. The molecule has 0 fully saturated rings. The summed E-state index contributed by atoms with van der Waals surface area (Å²) in [4.78, 5) is 24.8. The quantitative estimate of drug-likeness (QED) is 0.246. The molecule has 3 rings (SSSR count). The minimum atomic E-state index is -4.77. The van der Waals surface area contributed by atoms with Crippen LogP contribution < -0.4 is 9.44 Å². The molecule has 196 valence electrons. The molecular formula is C18H18N2O12S4. The fourth-order valence-electron chi connectivity index (χ4n) is 3.14. The Morgan fingerprint density at radius 2 is 0.889 bits per heavy atom. The number of rotatable bonds is 8. The zero-order valence-corrected chi connectivity index (χ0v) is 21.5. The monoisotopic (exact) mass is 582 g/mol. The molecule has 14 nitrogen and oxygen atoms in total. The summed E-state index contributed by atoms with van der Waals surface area (Å²) in [6.45, 7) is 1.74. The van der Waals surface area contributed by atoms with Crippen molar-refractivity contribution < 1.29 is 52.4 Å². The predicted octanol–water partition coefficient (Wildman–Crippen LogP) is -0.514. The van der Waals surface area contributed by atoms with Crippen LogP contribution in [0.3, 0.4) is 0 Å². The third-order valence-electron chi connectivity index (χ3n) is 5.12. The van der Waals surface area contributed by atoms with Crippen molar-refractivity contribution in [3.05, 3.63) is 58.7 Å². The molecule has 0 spiro atoms. The second kappa shape index (κ2) is 9.06. The van der Waals surface area contributed by atoms with Crippen molar-refractivity contribution in [1.29, 1.82) is 0 Å². The van der Waals surface area contributed by atoms with E-state index in [9.17, 15) is 43.3 Å². The second-order valence-corrected chi connectivity index (χ2v) is 14.5. The van der Waals surface area contributed by atoms with Crippen molar-refractivity contribution in [2.75, 3.05) is 0 Å². The molecule has 0 aromatic heterocycles. The number of fused-ring (bicyclic) bond motifs is 2. The van der Waals surface area contributed by atoms with Crippen LogP contribution in [0.5, 0.6) is 0 Å². The molecule has 18 heteroatoms. The first-order valence-corrected chi connectivity index (χ1v) is 15.6. The van der Waals surface area contributed by atoms with E-state index in [0.717, 1.165) is 50.2 Å². The highest BCUT2D eigenvalue weighted by Crippen LogP contribution is 2.31. The molecule has 0 saturated carbocycles. The molecule has 2 aromatic rings. The Balaban J connectivity index is 2.03. The van der Waals surface area contributed by atoms with Gasteiger partial charge in [0.25, 0.3) is 20.2 Å². The van der Waals surface area contributed by atoms with Crippen molar-refractivity contribution in [1.82, 2.24) is 9.44 Å². The minimum Gasteiger partial charge on any atom is -0.289 e. The lowest BCUT2D eigenvalue weighted by Crippen LogP contribution is -2.38. The first-order chi connectivity index (χ1) is 16.3. The topological polar surface area (TPSA) is 235 Å². The van der Waals surface area contributed by atoms with Gasteiger partial charge >= 0.3 is 0 Å². The lowest BCUT2D eigenvalue weighted by atomic mass is 9.84. The maximum Gasteiger partial charge on any atom is 0.281 e. The highest BCUT2D eigenvalue weighted by atomic mass is 32.2. The van der Waals surface area contributed by atoms with Crippen LogP contribution in [0.2, 0.25) is 0 Å². The maximum absolute atomic E-state index is 13.0. The summed E-state index contributed by atoms with van der Waals surface area (Å²) in [5.74, 6) is -1.69. The summed E-state index contributed by atoms with van der Waals surface area (Å²) in [6.07, 6.45) is 0. The van der Waals surface area contributed by atoms with Crippen molar-refractivity contribution >= 4 is 51.8 Å². The van der Waals surface area contributed by atoms with Gasteiger partial charge in [0.15, 0.2) is 11.6 Å². The van der Waals surface area contributed by atoms with Gasteiger partial charge in [-0.2, -0.15) is 26.3 Å². The first-order valence-electron chi connectivity index (χ1n) is 9.60. The molecule has 0 amide bonds. The second-order valence-electron chi connectivity index (χ2n) is 7.63. The van der Waals surface area contributed by atoms with Crippen LogP contribution in [-0.4, -0.2) is 65.1 Å². The Hall–Kier alpha value is -2.58. The van der Waals surface area contributed by atoms with Crippen molar-refractivity contribution in [3.8, 4) is 0 Å². The van der Waals surface area contributed by atoms with Crippen molar-refractivity contribution in [2.45, 2.75) is 34.4 Å². The minimum absolute atomic E-state index is 0.275. The molecule has 1 aliphatic carbocycles. The maximum atomic E-state index is 13.0. The van der Waals surface area contributed by atoms with E-state index >= 15 is 0 Å². The van der Waals surface area contributed by atoms with Crippen molar-refractivity contribution in [2.24, 2.45) is 0 Å². The van der Waals surface area contributed by atoms with E-state index in [-0.39, 0.29) is 22.3 Å². The van der Waals surface area contributed by atoms with Gasteiger partial charge in [0.05, 0.1) is 9.79 Å². The molecule has 0 heterocycles. The molecule has 0 radical (unpaired) electrons. The standard InChI is InChI=1S/C18H18N2O12S4/c1-9(35(27,28)29)19-33(23,24)11-3-5-13-15(7-11)17(21)14-6-4-12(8-16(14)18(13)22)34(25,26)20-10(2)36(30,31)32/h3-10,19-20H,1-2H3,(H,27,28,29)(H,30,31,32). The average molecular weight is 583 g/mol. The molecule has 36 heavy (non-hydrogen) atoms. The van der Waals surface area contributed by atoms with Crippen LogP contribution in [0.25, 0.3) is 0 Å². The number of hydrogen-bond acceptors (Lipinski definition) is 10. The lowest BCUT2D eigenvalue weighted by molar-refractivity contribution is 0.0978. The predicted molar refractivity (Wildman–Crippen MR) is 122 cm³/mol. The van der Waals surface area contributed by atoms with E-state index in [4.69, 9.17) is 9.11 Å². The summed E-state index contributed by atoms with van der Waals surface area (Å²) in [7, 11) is -18.6. The molecule has 2 aromatic carbocycles. The largest absolute Gasteiger partial charge is 0.289 e. The Bertz CT molecular complexity index is 1600. The molecule has 0 bridgehead atoms. The Labute approximate surface area is 206 Å². The normalized spacial score (nSPS) is 16.2. The number of carbonyl (C=O) groups is 2. The van der Waals surface area contributed by atoms with Crippen LogP contribution >= 0.6 is 0 Å². The zero-order chi connectivity index (χ0) is 27.4. The van der Waals surface area contributed by atoms with E-state index < -0.39 is 72.4 Å². The molecular weight excluding hydrogens is 564 g/mol. The van der Waals surface area contributed by atoms with Gasteiger partial charge in [0, 0.05) is 22.3 Å². The fourth-order valence-corrected chi connectivity index (χ4v) is 7.06.